The normalized spacial score (nSPS) is 16.0. The van der Waals surface area contributed by atoms with Crippen molar-refractivity contribution in [3.8, 4) is 5.69 Å². The maximum absolute atomic E-state index is 12.6. The second kappa shape index (κ2) is 8.61. The molecule has 1 aliphatic heterocycles. The highest BCUT2D eigenvalue weighted by Crippen LogP contribution is 2.25. The van der Waals surface area contributed by atoms with E-state index in [0.717, 1.165) is 24.0 Å². The van der Waals surface area contributed by atoms with E-state index in [0.29, 0.717) is 18.2 Å². The van der Waals surface area contributed by atoms with Crippen LogP contribution in [0.3, 0.4) is 0 Å². The average Bonchev–Trinajstić information content (AvgIpc) is 3.22. The van der Waals surface area contributed by atoms with Gasteiger partial charge in [0.25, 0.3) is 11.5 Å². The lowest BCUT2D eigenvalue weighted by Crippen LogP contribution is -2.33. The number of carbonyl (C=O) groups excluding carboxylic acids is 1. The van der Waals surface area contributed by atoms with Gasteiger partial charge < -0.3 is 10.2 Å². The third-order valence-corrected chi connectivity index (χ3v) is 5.54. The molecule has 2 heterocycles. The van der Waals surface area contributed by atoms with Crippen LogP contribution < -0.4 is 15.8 Å². The first-order valence-corrected chi connectivity index (χ1v) is 10.3. The molecule has 3 aromatic rings. The van der Waals surface area contributed by atoms with Crippen LogP contribution in [-0.2, 0) is 0 Å². The number of anilines is 1. The van der Waals surface area contributed by atoms with Gasteiger partial charge in [0.2, 0.25) is 0 Å². The molecule has 0 radical (unpaired) electrons. The van der Waals surface area contributed by atoms with Crippen molar-refractivity contribution in [2.75, 3.05) is 24.5 Å². The Hall–Kier alpha value is -2.93. The standard InChI is InChI=1S/C22H21BrN4O2/c23-17-5-4-8-19(13-17)26-12-11-16(15-26)14-24-22(29)20-9-10-21(28)27(25-20)18-6-2-1-3-7-18/h1-10,13,16H,11-12,14-15H2,(H,24,29). The van der Waals surface area contributed by atoms with E-state index in [1.165, 1.54) is 22.5 Å². The summed E-state index contributed by atoms with van der Waals surface area (Å²) in [6.07, 6.45) is 1.02. The Morgan fingerprint density at radius 2 is 1.86 bits per heavy atom. The Morgan fingerprint density at radius 3 is 2.66 bits per heavy atom. The first-order chi connectivity index (χ1) is 14.1. The lowest BCUT2D eigenvalue weighted by Gasteiger charge is -2.19. The number of amides is 1. The highest BCUT2D eigenvalue weighted by molar-refractivity contribution is 9.10. The summed E-state index contributed by atoms with van der Waals surface area (Å²) in [6.45, 7) is 2.44. The van der Waals surface area contributed by atoms with Crippen LogP contribution in [0.1, 0.15) is 16.9 Å². The van der Waals surface area contributed by atoms with E-state index in [1.807, 2.05) is 30.3 Å². The molecule has 4 rings (SSSR count). The molecule has 1 saturated heterocycles. The Kier molecular flexibility index (Phi) is 5.76. The van der Waals surface area contributed by atoms with E-state index < -0.39 is 0 Å². The SMILES string of the molecule is O=C(NCC1CCN(c2cccc(Br)c2)C1)c1ccc(=O)n(-c2ccccc2)n1. The molecule has 0 bridgehead atoms. The van der Waals surface area contributed by atoms with Crippen molar-refractivity contribution in [3.63, 3.8) is 0 Å². The summed E-state index contributed by atoms with van der Waals surface area (Å²) < 4.78 is 2.31. The molecule has 1 atom stereocenters. The largest absolute Gasteiger partial charge is 0.371 e. The molecule has 1 fully saturated rings. The number of carbonyl (C=O) groups is 1. The van der Waals surface area contributed by atoms with Crippen LogP contribution in [-0.4, -0.2) is 35.3 Å². The number of halogens is 1. The molecule has 1 amide bonds. The minimum absolute atomic E-state index is 0.232. The quantitative estimate of drug-likeness (QED) is 0.644. The van der Waals surface area contributed by atoms with E-state index in [-0.39, 0.29) is 17.2 Å². The van der Waals surface area contributed by atoms with E-state index in [9.17, 15) is 9.59 Å². The summed E-state index contributed by atoms with van der Waals surface area (Å²) in [7, 11) is 0. The first-order valence-electron chi connectivity index (χ1n) is 9.55. The van der Waals surface area contributed by atoms with Gasteiger partial charge in [0.1, 0.15) is 5.69 Å². The third kappa shape index (κ3) is 4.56. The molecule has 0 aliphatic carbocycles. The lowest BCUT2D eigenvalue weighted by atomic mass is 10.1. The summed E-state index contributed by atoms with van der Waals surface area (Å²) in [5.74, 6) is 0.105. The summed E-state index contributed by atoms with van der Waals surface area (Å²) in [5, 5.41) is 7.21. The molecule has 7 heteroatoms. The van der Waals surface area contributed by atoms with Gasteiger partial charge in [-0.1, -0.05) is 40.2 Å². The molecule has 2 aromatic carbocycles. The zero-order valence-electron chi connectivity index (χ0n) is 15.8. The number of rotatable bonds is 5. The summed E-state index contributed by atoms with van der Waals surface area (Å²) in [5.41, 5.74) is 1.78. The molecule has 1 aromatic heterocycles. The second-order valence-electron chi connectivity index (χ2n) is 7.09. The van der Waals surface area contributed by atoms with E-state index in [2.05, 4.69) is 43.4 Å². The molecule has 1 N–H and O–H groups in total. The number of nitrogens with one attached hydrogen (secondary N) is 1. The molecule has 0 spiro atoms. The van der Waals surface area contributed by atoms with Crippen molar-refractivity contribution in [2.24, 2.45) is 5.92 Å². The summed E-state index contributed by atoms with van der Waals surface area (Å²) in [6, 6.07) is 20.2. The van der Waals surface area contributed by atoms with Crippen LogP contribution in [0.5, 0.6) is 0 Å². The van der Waals surface area contributed by atoms with Crippen molar-refractivity contribution in [2.45, 2.75) is 6.42 Å². The Labute approximate surface area is 177 Å². The average molecular weight is 453 g/mol. The molecule has 0 saturated carbocycles. The minimum atomic E-state index is -0.270. The van der Waals surface area contributed by atoms with Gasteiger partial charge in [-0.2, -0.15) is 9.78 Å². The second-order valence-corrected chi connectivity index (χ2v) is 8.01. The number of hydrogen-bond donors (Lipinski definition) is 1. The van der Waals surface area contributed by atoms with Gasteiger partial charge in [-0.05, 0) is 48.7 Å². The summed E-state index contributed by atoms with van der Waals surface area (Å²) in [4.78, 5) is 27.0. The molecule has 1 unspecified atom stereocenters. The zero-order chi connectivity index (χ0) is 20.2. The van der Waals surface area contributed by atoms with Gasteiger partial charge in [0.05, 0.1) is 5.69 Å². The molecular formula is C22H21BrN4O2. The van der Waals surface area contributed by atoms with Crippen molar-refractivity contribution in [1.82, 2.24) is 15.1 Å². The first kappa shape index (κ1) is 19.4. The number of nitrogens with zero attached hydrogens (tertiary/aromatic N) is 3. The Bertz CT molecular complexity index is 1070. The lowest BCUT2D eigenvalue weighted by molar-refractivity contribution is 0.0941. The van der Waals surface area contributed by atoms with Gasteiger partial charge in [0, 0.05) is 35.9 Å². The van der Waals surface area contributed by atoms with Crippen LogP contribution >= 0.6 is 15.9 Å². The molecule has 1 aliphatic rings. The monoisotopic (exact) mass is 452 g/mol. The minimum Gasteiger partial charge on any atom is -0.371 e. The van der Waals surface area contributed by atoms with Crippen LogP contribution in [0.4, 0.5) is 5.69 Å². The van der Waals surface area contributed by atoms with Gasteiger partial charge in [0.15, 0.2) is 0 Å². The van der Waals surface area contributed by atoms with Crippen molar-refractivity contribution >= 4 is 27.5 Å². The van der Waals surface area contributed by atoms with Crippen LogP contribution in [0.15, 0.2) is 76.0 Å². The van der Waals surface area contributed by atoms with Crippen molar-refractivity contribution in [1.29, 1.82) is 0 Å². The molecule has 29 heavy (non-hydrogen) atoms. The van der Waals surface area contributed by atoms with Crippen LogP contribution in [0, 0.1) is 5.92 Å². The number of benzene rings is 2. The fraction of sp³-hybridized carbons (Fsp3) is 0.227. The van der Waals surface area contributed by atoms with Gasteiger partial charge in [-0.3, -0.25) is 9.59 Å². The Balaban J connectivity index is 1.39. The maximum Gasteiger partial charge on any atom is 0.271 e. The predicted molar refractivity (Wildman–Crippen MR) is 117 cm³/mol. The molecular weight excluding hydrogens is 432 g/mol. The fourth-order valence-electron chi connectivity index (χ4n) is 3.52. The van der Waals surface area contributed by atoms with Crippen molar-refractivity contribution in [3.05, 3.63) is 87.3 Å². The third-order valence-electron chi connectivity index (χ3n) is 5.04. The molecule has 6 nitrogen and oxygen atoms in total. The Morgan fingerprint density at radius 1 is 1.07 bits per heavy atom. The topological polar surface area (TPSA) is 67.2 Å². The summed E-state index contributed by atoms with van der Waals surface area (Å²) >= 11 is 3.51. The number of para-hydroxylation sites is 1. The maximum atomic E-state index is 12.6. The highest BCUT2D eigenvalue weighted by Gasteiger charge is 2.23. The fourth-order valence-corrected chi connectivity index (χ4v) is 3.91. The highest BCUT2D eigenvalue weighted by atomic mass is 79.9. The molecule has 148 valence electrons. The smallest absolute Gasteiger partial charge is 0.271 e. The van der Waals surface area contributed by atoms with E-state index >= 15 is 0 Å². The van der Waals surface area contributed by atoms with Crippen molar-refractivity contribution < 1.29 is 4.79 Å². The van der Waals surface area contributed by atoms with Gasteiger partial charge >= 0.3 is 0 Å². The van der Waals surface area contributed by atoms with Crippen LogP contribution in [0.2, 0.25) is 0 Å². The number of hydrogen-bond acceptors (Lipinski definition) is 4. The van der Waals surface area contributed by atoms with Crippen LogP contribution in [0.25, 0.3) is 5.69 Å². The van der Waals surface area contributed by atoms with E-state index in [4.69, 9.17) is 0 Å². The van der Waals surface area contributed by atoms with Gasteiger partial charge in [-0.25, -0.2) is 0 Å². The predicted octanol–water partition coefficient (Wildman–Crippen LogP) is 3.25. The van der Waals surface area contributed by atoms with E-state index in [1.54, 1.807) is 12.1 Å². The van der Waals surface area contributed by atoms with Gasteiger partial charge in [-0.15, -0.1) is 0 Å². The number of aromatic nitrogens is 2. The zero-order valence-corrected chi connectivity index (χ0v) is 17.4.